The van der Waals surface area contributed by atoms with Crippen molar-refractivity contribution in [2.45, 2.75) is 26.8 Å². The van der Waals surface area contributed by atoms with Crippen LogP contribution in [0.15, 0.2) is 79.3 Å². The third-order valence-electron chi connectivity index (χ3n) is 6.78. The molecule has 4 aromatic rings. The monoisotopic (exact) mass is 495 g/mol. The second kappa shape index (κ2) is 11.0. The lowest BCUT2D eigenvalue weighted by atomic mass is 10.1. The first-order chi connectivity index (χ1) is 18.0. The fraction of sp³-hybridized carbons (Fsp3) is 0.267. The number of amides is 1. The summed E-state index contributed by atoms with van der Waals surface area (Å²) in [6.07, 6.45) is 4.91. The highest BCUT2D eigenvalue weighted by molar-refractivity contribution is 6.04. The standard InChI is InChI=1S/C30H33N5O2/c1-21-8-9-25(14-29(21)37-28-6-4-3-5-7-28)30(36)33-26-12-24(19-34-11-10-23(16-31)18-34)13-27(15-26)35-17-22(2)32-20-35/h3-9,12-15,17,20,23H,10-11,16,18-19,31H2,1-2H3,(H,33,36)/t23-/m1/s1. The van der Waals surface area contributed by atoms with Crippen LogP contribution in [0, 0.1) is 19.8 Å². The maximum absolute atomic E-state index is 13.3. The molecule has 0 bridgehead atoms. The van der Waals surface area contributed by atoms with E-state index in [2.05, 4.69) is 27.3 Å². The number of carbonyl (C=O) groups is 1. The summed E-state index contributed by atoms with van der Waals surface area (Å²) in [6.45, 7) is 7.49. The highest BCUT2D eigenvalue weighted by Crippen LogP contribution is 2.27. The number of aryl methyl sites for hydroxylation is 2. The van der Waals surface area contributed by atoms with Crippen molar-refractivity contribution in [3.63, 3.8) is 0 Å². The van der Waals surface area contributed by atoms with Gasteiger partial charge in [-0.15, -0.1) is 0 Å². The van der Waals surface area contributed by atoms with Gasteiger partial charge in [-0.3, -0.25) is 9.69 Å². The quantitative estimate of drug-likeness (QED) is 0.346. The molecule has 2 heterocycles. The molecule has 7 nitrogen and oxygen atoms in total. The zero-order valence-corrected chi connectivity index (χ0v) is 21.4. The summed E-state index contributed by atoms with van der Waals surface area (Å²) in [5.74, 6) is 1.75. The second-order valence-electron chi connectivity index (χ2n) is 9.79. The number of likely N-dealkylation sites (tertiary alicyclic amines) is 1. The maximum Gasteiger partial charge on any atom is 0.255 e. The lowest BCUT2D eigenvalue weighted by Gasteiger charge is -2.18. The number of ether oxygens (including phenoxy) is 1. The number of para-hydroxylation sites is 1. The van der Waals surface area contributed by atoms with Gasteiger partial charge in [0.1, 0.15) is 11.5 Å². The van der Waals surface area contributed by atoms with Crippen LogP contribution < -0.4 is 15.8 Å². The number of anilines is 1. The average Bonchev–Trinajstić information content (AvgIpc) is 3.54. The molecule has 1 amide bonds. The van der Waals surface area contributed by atoms with Gasteiger partial charge in [0.2, 0.25) is 0 Å². The zero-order valence-electron chi connectivity index (χ0n) is 21.4. The van der Waals surface area contributed by atoms with E-state index in [0.717, 1.165) is 66.5 Å². The van der Waals surface area contributed by atoms with E-state index in [0.29, 0.717) is 17.2 Å². The van der Waals surface area contributed by atoms with E-state index in [-0.39, 0.29) is 5.91 Å². The van der Waals surface area contributed by atoms with Crippen LogP contribution >= 0.6 is 0 Å². The van der Waals surface area contributed by atoms with E-state index in [1.165, 1.54) is 0 Å². The number of carbonyl (C=O) groups excluding carboxylic acids is 1. The predicted molar refractivity (Wildman–Crippen MR) is 146 cm³/mol. The molecule has 0 radical (unpaired) electrons. The van der Waals surface area contributed by atoms with Gasteiger partial charge in [0.15, 0.2) is 0 Å². The number of nitrogens with one attached hydrogen (secondary N) is 1. The van der Waals surface area contributed by atoms with Gasteiger partial charge in [-0.25, -0.2) is 4.98 Å². The molecular weight excluding hydrogens is 462 g/mol. The fourth-order valence-corrected chi connectivity index (χ4v) is 4.73. The van der Waals surface area contributed by atoms with Crippen LogP contribution in [0.5, 0.6) is 11.5 Å². The molecule has 0 spiro atoms. The number of aromatic nitrogens is 2. The van der Waals surface area contributed by atoms with Crippen molar-refractivity contribution in [1.82, 2.24) is 14.5 Å². The Morgan fingerprint density at radius 3 is 2.68 bits per heavy atom. The summed E-state index contributed by atoms with van der Waals surface area (Å²) >= 11 is 0. The Hall–Kier alpha value is -3.94. The van der Waals surface area contributed by atoms with Crippen LogP contribution in [0.4, 0.5) is 5.69 Å². The molecule has 37 heavy (non-hydrogen) atoms. The molecule has 1 aliphatic heterocycles. The van der Waals surface area contributed by atoms with E-state index in [4.69, 9.17) is 10.5 Å². The number of nitrogens with two attached hydrogens (primary N) is 1. The average molecular weight is 496 g/mol. The van der Waals surface area contributed by atoms with Crippen molar-refractivity contribution in [3.05, 3.63) is 102 Å². The van der Waals surface area contributed by atoms with Gasteiger partial charge in [-0.05, 0) is 92.9 Å². The maximum atomic E-state index is 13.3. The highest BCUT2D eigenvalue weighted by atomic mass is 16.5. The van der Waals surface area contributed by atoms with Crippen molar-refractivity contribution in [3.8, 4) is 17.2 Å². The number of hydrogen-bond donors (Lipinski definition) is 2. The van der Waals surface area contributed by atoms with Gasteiger partial charge in [0.05, 0.1) is 12.0 Å². The molecular formula is C30H33N5O2. The number of benzene rings is 3. The minimum Gasteiger partial charge on any atom is -0.457 e. The van der Waals surface area contributed by atoms with Crippen molar-refractivity contribution < 1.29 is 9.53 Å². The highest BCUT2D eigenvalue weighted by Gasteiger charge is 2.21. The Kier molecular flexibility index (Phi) is 7.35. The first kappa shape index (κ1) is 24.7. The van der Waals surface area contributed by atoms with Crippen LogP contribution in [0.3, 0.4) is 0 Å². The Morgan fingerprint density at radius 1 is 1.11 bits per heavy atom. The molecule has 1 fully saturated rings. The summed E-state index contributed by atoms with van der Waals surface area (Å²) in [4.78, 5) is 20.1. The van der Waals surface area contributed by atoms with Gasteiger partial charge in [-0.2, -0.15) is 0 Å². The molecule has 190 valence electrons. The van der Waals surface area contributed by atoms with E-state index < -0.39 is 0 Å². The van der Waals surface area contributed by atoms with Crippen LogP contribution in [-0.4, -0.2) is 40.0 Å². The third kappa shape index (κ3) is 6.07. The van der Waals surface area contributed by atoms with Gasteiger partial charge in [0, 0.05) is 36.2 Å². The van der Waals surface area contributed by atoms with Crippen molar-refractivity contribution in [1.29, 1.82) is 0 Å². The molecule has 1 aromatic heterocycles. The number of rotatable bonds is 8. The Morgan fingerprint density at radius 2 is 1.95 bits per heavy atom. The van der Waals surface area contributed by atoms with Gasteiger partial charge < -0.3 is 20.4 Å². The number of imidazole rings is 1. The first-order valence-corrected chi connectivity index (χ1v) is 12.7. The largest absolute Gasteiger partial charge is 0.457 e. The van der Waals surface area contributed by atoms with E-state index in [9.17, 15) is 4.79 Å². The smallest absolute Gasteiger partial charge is 0.255 e. The molecule has 3 N–H and O–H groups in total. The summed E-state index contributed by atoms with van der Waals surface area (Å²) < 4.78 is 8.02. The number of hydrogen-bond acceptors (Lipinski definition) is 5. The second-order valence-corrected chi connectivity index (χ2v) is 9.79. The van der Waals surface area contributed by atoms with E-state index in [1.807, 2.05) is 73.1 Å². The first-order valence-electron chi connectivity index (χ1n) is 12.7. The Bertz CT molecular complexity index is 1380. The molecule has 1 saturated heterocycles. The fourth-order valence-electron chi connectivity index (χ4n) is 4.73. The molecule has 1 aliphatic rings. The topological polar surface area (TPSA) is 85.4 Å². The van der Waals surface area contributed by atoms with Crippen molar-refractivity contribution in [2.24, 2.45) is 11.7 Å². The van der Waals surface area contributed by atoms with E-state index in [1.54, 1.807) is 12.4 Å². The van der Waals surface area contributed by atoms with Gasteiger partial charge >= 0.3 is 0 Å². The van der Waals surface area contributed by atoms with Crippen LogP contribution in [0.1, 0.15) is 33.6 Å². The SMILES string of the molecule is Cc1cn(-c2cc(CN3CC[C@H](CN)C3)cc(NC(=O)c3ccc(C)c(Oc4ccccc4)c3)c2)cn1. The Labute approximate surface area is 217 Å². The summed E-state index contributed by atoms with van der Waals surface area (Å²) in [6, 6.07) is 21.3. The van der Waals surface area contributed by atoms with Crippen LogP contribution in [0.2, 0.25) is 0 Å². The molecule has 1 atom stereocenters. The van der Waals surface area contributed by atoms with E-state index >= 15 is 0 Å². The minimum atomic E-state index is -0.188. The predicted octanol–water partition coefficient (Wildman–Crippen LogP) is 5.31. The van der Waals surface area contributed by atoms with Gasteiger partial charge in [-0.1, -0.05) is 24.3 Å². The van der Waals surface area contributed by atoms with Crippen molar-refractivity contribution >= 4 is 11.6 Å². The Balaban J connectivity index is 1.39. The molecule has 0 saturated carbocycles. The van der Waals surface area contributed by atoms with Crippen LogP contribution in [0.25, 0.3) is 5.69 Å². The van der Waals surface area contributed by atoms with Crippen LogP contribution in [-0.2, 0) is 6.54 Å². The number of nitrogens with zero attached hydrogens (tertiary/aromatic N) is 3. The summed E-state index contributed by atoms with van der Waals surface area (Å²) in [5, 5.41) is 3.10. The summed E-state index contributed by atoms with van der Waals surface area (Å²) in [7, 11) is 0. The third-order valence-corrected chi connectivity index (χ3v) is 6.78. The van der Waals surface area contributed by atoms with Crippen molar-refractivity contribution in [2.75, 3.05) is 25.0 Å². The lowest BCUT2D eigenvalue weighted by Crippen LogP contribution is -2.23. The molecule has 0 aliphatic carbocycles. The normalized spacial score (nSPS) is 15.6. The molecule has 3 aromatic carbocycles. The molecule has 0 unspecified atom stereocenters. The molecule has 7 heteroatoms. The molecule has 5 rings (SSSR count). The van der Waals surface area contributed by atoms with Gasteiger partial charge in [0.25, 0.3) is 5.91 Å². The zero-order chi connectivity index (χ0) is 25.8. The minimum absolute atomic E-state index is 0.188. The summed E-state index contributed by atoms with van der Waals surface area (Å²) in [5.41, 5.74) is 11.2. The lowest BCUT2D eigenvalue weighted by molar-refractivity contribution is 0.102.